The molecule has 0 aliphatic carbocycles. The van der Waals surface area contributed by atoms with Crippen LogP contribution in [0.4, 0.5) is 13.2 Å². The molecule has 0 unspecified atom stereocenters. The van der Waals surface area contributed by atoms with Gasteiger partial charge >= 0.3 is 18.1 Å². The van der Waals surface area contributed by atoms with E-state index >= 15 is 0 Å². The minimum Gasteiger partial charge on any atom is -0.478 e. The molecule has 0 amide bonds. The lowest BCUT2D eigenvalue weighted by molar-refractivity contribution is -0.162. The van der Waals surface area contributed by atoms with Gasteiger partial charge in [0.15, 0.2) is 11.7 Å². The lowest BCUT2D eigenvalue weighted by atomic mass is 10.0. The molecule has 2 aromatic carbocycles. The van der Waals surface area contributed by atoms with Crippen LogP contribution in [0.1, 0.15) is 45.1 Å². The van der Waals surface area contributed by atoms with Gasteiger partial charge in [-0.25, -0.2) is 4.98 Å². The molecule has 0 spiro atoms. The van der Waals surface area contributed by atoms with Gasteiger partial charge in [-0.2, -0.15) is 18.2 Å². The van der Waals surface area contributed by atoms with Crippen LogP contribution in [0.25, 0.3) is 22.6 Å². The number of hydrogen-bond acceptors (Lipinski definition) is 7. The summed E-state index contributed by atoms with van der Waals surface area (Å²) in [6, 6.07) is 15.7. The number of carbonyl (C=O) groups excluding carboxylic acids is 2. The van der Waals surface area contributed by atoms with Crippen molar-refractivity contribution in [3.8, 4) is 28.5 Å². The summed E-state index contributed by atoms with van der Waals surface area (Å²) in [6.07, 6.45) is -2.24. The lowest BCUT2D eigenvalue weighted by Crippen LogP contribution is -2.28. The fourth-order valence-corrected chi connectivity index (χ4v) is 3.81. The highest BCUT2D eigenvalue weighted by Crippen LogP contribution is 2.31. The molecule has 0 saturated carbocycles. The number of benzene rings is 2. The molecule has 0 saturated heterocycles. The van der Waals surface area contributed by atoms with Crippen molar-refractivity contribution in [3.63, 3.8) is 0 Å². The first kappa shape index (κ1) is 29.6. The van der Waals surface area contributed by atoms with Crippen LogP contribution in [0.2, 0.25) is 0 Å². The molecule has 10 heteroatoms. The van der Waals surface area contributed by atoms with Gasteiger partial charge in [-0.1, -0.05) is 55.3 Å². The summed E-state index contributed by atoms with van der Waals surface area (Å²) in [5.41, 5.74) is 1.05. The van der Waals surface area contributed by atoms with Gasteiger partial charge in [0.05, 0.1) is 31.1 Å². The molecule has 3 rings (SSSR count). The molecule has 0 aliphatic heterocycles. The van der Waals surface area contributed by atoms with Crippen molar-refractivity contribution in [1.82, 2.24) is 9.97 Å². The molecular formula is C29H31F3N2O5. The molecule has 1 aromatic heterocycles. The molecule has 39 heavy (non-hydrogen) atoms. The summed E-state index contributed by atoms with van der Waals surface area (Å²) in [6.45, 7) is 4.02. The second-order valence-electron chi connectivity index (χ2n) is 8.61. The third-order valence-corrected chi connectivity index (χ3v) is 5.77. The Morgan fingerprint density at radius 3 is 2.05 bits per heavy atom. The van der Waals surface area contributed by atoms with E-state index in [-0.39, 0.29) is 24.9 Å². The van der Waals surface area contributed by atoms with E-state index in [0.29, 0.717) is 43.5 Å². The van der Waals surface area contributed by atoms with Gasteiger partial charge in [-0.15, -0.1) is 0 Å². The number of carbonyl (C=O) groups is 2. The van der Waals surface area contributed by atoms with Crippen molar-refractivity contribution >= 4 is 11.9 Å². The summed E-state index contributed by atoms with van der Waals surface area (Å²) in [4.78, 5) is 33.2. The molecule has 1 heterocycles. The van der Waals surface area contributed by atoms with Crippen molar-refractivity contribution in [2.75, 3.05) is 19.8 Å². The van der Waals surface area contributed by atoms with Gasteiger partial charge in [0, 0.05) is 17.2 Å². The standard InChI is InChI=1S/C29H31F3N2O5/c1-3-37-27(35)23(28(36)38-4-2)13-9-6-10-18-39-25-19-24(20-11-7-5-8-12-20)33-26(34-25)21-14-16-22(17-15-21)29(30,31)32/h5,7-8,11-12,14-17,19,23H,3-4,6,9-10,13,18H2,1-2H3. The van der Waals surface area contributed by atoms with Gasteiger partial charge in [-0.05, 0) is 38.8 Å². The van der Waals surface area contributed by atoms with Crippen molar-refractivity contribution in [2.45, 2.75) is 45.7 Å². The van der Waals surface area contributed by atoms with Gasteiger partial charge in [0.1, 0.15) is 0 Å². The summed E-state index contributed by atoms with van der Waals surface area (Å²) in [7, 11) is 0. The summed E-state index contributed by atoms with van der Waals surface area (Å²) in [5.74, 6) is -1.59. The third-order valence-electron chi connectivity index (χ3n) is 5.77. The summed E-state index contributed by atoms with van der Waals surface area (Å²) < 4.78 is 54.8. The number of alkyl halides is 3. The minimum atomic E-state index is -4.44. The zero-order chi connectivity index (χ0) is 28.3. The first-order chi connectivity index (χ1) is 18.7. The molecule has 0 fully saturated rings. The van der Waals surface area contributed by atoms with E-state index in [2.05, 4.69) is 9.97 Å². The average molecular weight is 545 g/mol. The van der Waals surface area contributed by atoms with E-state index in [9.17, 15) is 22.8 Å². The number of nitrogens with zero attached hydrogens (tertiary/aromatic N) is 2. The maximum atomic E-state index is 13.0. The van der Waals surface area contributed by atoms with Crippen LogP contribution in [0.3, 0.4) is 0 Å². The smallest absolute Gasteiger partial charge is 0.416 e. The van der Waals surface area contributed by atoms with Gasteiger partial charge in [0.2, 0.25) is 5.88 Å². The summed E-state index contributed by atoms with van der Waals surface area (Å²) in [5, 5.41) is 0. The van der Waals surface area contributed by atoms with Crippen LogP contribution in [0.5, 0.6) is 5.88 Å². The Morgan fingerprint density at radius 1 is 0.821 bits per heavy atom. The van der Waals surface area contributed by atoms with Crippen molar-refractivity contribution in [2.24, 2.45) is 5.92 Å². The zero-order valence-electron chi connectivity index (χ0n) is 21.9. The minimum absolute atomic E-state index is 0.181. The molecule has 0 aliphatic rings. The van der Waals surface area contributed by atoms with E-state index in [1.807, 2.05) is 30.3 Å². The number of halogens is 3. The predicted molar refractivity (Wildman–Crippen MR) is 139 cm³/mol. The maximum absolute atomic E-state index is 13.0. The molecule has 0 atom stereocenters. The van der Waals surface area contributed by atoms with Crippen LogP contribution < -0.4 is 4.74 Å². The van der Waals surface area contributed by atoms with Crippen molar-refractivity contribution < 1.29 is 37.0 Å². The van der Waals surface area contributed by atoms with E-state index in [0.717, 1.165) is 17.7 Å². The van der Waals surface area contributed by atoms with Gasteiger partial charge in [-0.3, -0.25) is 9.59 Å². The van der Waals surface area contributed by atoms with E-state index in [1.54, 1.807) is 19.9 Å². The molecule has 3 aromatic rings. The fraction of sp³-hybridized carbons (Fsp3) is 0.379. The van der Waals surface area contributed by atoms with Crippen LogP contribution >= 0.6 is 0 Å². The second kappa shape index (κ2) is 14.3. The Morgan fingerprint density at radius 2 is 1.46 bits per heavy atom. The monoisotopic (exact) mass is 544 g/mol. The number of ether oxygens (including phenoxy) is 3. The largest absolute Gasteiger partial charge is 0.478 e. The van der Waals surface area contributed by atoms with Crippen LogP contribution in [0, 0.1) is 5.92 Å². The quantitative estimate of drug-likeness (QED) is 0.138. The fourth-order valence-electron chi connectivity index (χ4n) is 3.81. The SMILES string of the molecule is CCOC(=O)C(CCCCCOc1cc(-c2ccccc2)nc(-c2ccc(C(F)(F)F)cc2)n1)C(=O)OCC. The lowest BCUT2D eigenvalue weighted by Gasteiger charge is -2.14. The Hall–Kier alpha value is -3.95. The van der Waals surface area contributed by atoms with Crippen LogP contribution in [0.15, 0.2) is 60.7 Å². The van der Waals surface area contributed by atoms with Crippen LogP contribution in [-0.2, 0) is 25.2 Å². The highest BCUT2D eigenvalue weighted by atomic mass is 19.4. The number of esters is 2. The Labute approximate surface area is 225 Å². The van der Waals surface area contributed by atoms with E-state index in [4.69, 9.17) is 14.2 Å². The first-order valence-electron chi connectivity index (χ1n) is 12.8. The van der Waals surface area contributed by atoms with E-state index in [1.165, 1.54) is 12.1 Å². The number of hydrogen-bond donors (Lipinski definition) is 0. The Bertz CT molecular complexity index is 1200. The second-order valence-corrected chi connectivity index (χ2v) is 8.61. The van der Waals surface area contributed by atoms with Crippen molar-refractivity contribution in [3.05, 3.63) is 66.2 Å². The zero-order valence-corrected chi connectivity index (χ0v) is 21.9. The van der Waals surface area contributed by atoms with E-state index < -0.39 is 29.6 Å². The molecular weight excluding hydrogens is 513 g/mol. The molecule has 0 N–H and O–H groups in total. The number of rotatable bonds is 13. The molecule has 0 radical (unpaired) electrons. The molecule has 208 valence electrons. The Kier molecular flexibility index (Phi) is 10.8. The van der Waals surface area contributed by atoms with Crippen molar-refractivity contribution in [1.29, 1.82) is 0 Å². The number of unbranched alkanes of at least 4 members (excludes halogenated alkanes) is 2. The van der Waals surface area contributed by atoms with Crippen LogP contribution in [-0.4, -0.2) is 41.7 Å². The topological polar surface area (TPSA) is 87.6 Å². The predicted octanol–water partition coefficient (Wildman–Crippen LogP) is 6.51. The highest BCUT2D eigenvalue weighted by Gasteiger charge is 2.30. The normalized spacial score (nSPS) is 11.3. The maximum Gasteiger partial charge on any atom is 0.416 e. The summed E-state index contributed by atoms with van der Waals surface area (Å²) >= 11 is 0. The molecule has 0 bridgehead atoms. The molecule has 7 nitrogen and oxygen atoms in total. The van der Waals surface area contributed by atoms with Gasteiger partial charge in [0.25, 0.3) is 0 Å². The van der Waals surface area contributed by atoms with Gasteiger partial charge < -0.3 is 14.2 Å². The number of aromatic nitrogens is 2. The highest BCUT2D eigenvalue weighted by molar-refractivity contribution is 5.94. The third kappa shape index (κ3) is 8.80. The average Bonchev–Trinajstić information content (AvgIpc) is 2.92. The first-order valence-corrected chi connectivity index (χ1v) is 12.8. The Balaban J connectivity index is 1.66.